The molecule has 1 unspecified atom stereocenters. The van der Waals surface area contributed by atoms with Crippen LogP contribution in [-0.2, 0) is 4.79 Å². The Balaban J connectivity index is 1.61. The third-order valence-electron chi connectivity index (χ3n) is 4.60. The van der Waals surface area contributed by atoms with Gasteiger partial charge in [0.05, 0.1) is 0 Å². The van der Waals surface area contributed by atoms with Crippen LogP contribution >= 0.6 is 0 Å². The standard InChI is InChI=1S/C16H25N3O2/c1-10(2)14(16-18-15(19-21-16)12-7-8-12)17-13(20)9-11-5-3-4-6-11/h10-12,14H,3-9H2,1-2H3,(H,17,20). The first-order valence-corrected chi connectivity index (χ1v) is 8.26. The molecule has 2 aliphatic rings. The molecule has 21 heavy (non-hydrogen) atoms. The zero-order valence-electron chi connectivity index (χ0n) is 13.0. The molecule has 5 heteroatoms. The molecule has 1 amide bonds. The highest BCUT2D eigenvalue weighted by Crippen LogP contribution is 2.38. The fourth-order valence-corrected chi connectivity index (χ4v) is 3.10. The molecular formula is C16H25N3O2. The summed E-state index contributed by atoms with van der Waals surface area (Å²) in [7, 11) is 0. The Labute approximate surface area is 125 Å². The summed E-state index contributed by atoms with van der Waals surface area (Å²) in [6.45, 7) is 4.14. The lowest BCUT2D eigenvalue weighted by Gasteiger charge is -2.19. The SMILES string of the molecule is CC(C)C(NC(=O)CC1CCCC1)c1nc(C2CC2)no1. The Morgan fingerprint density at radius 2 is 2.00 bits per heavy atom. The average molecular weight is 291 g/mol. The number of nitrogens with one attached hydrogen (secondary N) is 1. The normalized spacial score (nSPS) is 20.9. The Bertz CT molecular complexity index is 487. The van der Waals surface area contributed by atoms with Crippen LogP contribution < -0.4 is 5.32 Å². The summed E-state index contributed by atoms with van der Waals surface area (Å²) >= 11 is 0. The molecule has 1 N–H and O–H groups in total. The number of carbonyl (C=O) groups excluding carboxylic acids is 1. The number of amides is 1. The van der Waals surface area contributed by atoms with Gasteiger partial charge >= 0.3 is 0 Å². The molecule has 3 rings (SSSR count). The van der Waals surface area contributed by atoms with Crippen molar-refractivity contribution >= 4 is 5.91 Å². The lowest BCUT2D eigenvalue weighted by atomic mass is 10.0. The predicted molar refractivity (Wildman–Crippen MR) is 78.6 cm³/mol. The zero-order valence-corrected chi connectivity index (χ0v) is 13.0. The van der Waals surface area contributed by atoms with E-state index in [1.54, 1.807) is 0 Å². The minimum absolute atomic E-state index is 0.117. The van der Waals surface area contributed by atoms with Crippen LogP contribution in [0.3, 0.4) is 0 Å². The van der Waals surface area contributed by atoms with Crippen LogP contribution in [0.15, 0.2) is 4.52 Å². The molecular weight excluding hydrogens is 266 g/mol. The van der Waals surface area contributed by atoms with Crippen LogP contribution in [0.25, 0.3) is 0 Å². The first-order valence-electron chi connectivity index (χ1n) is 8.26. The van der Waals surface area contributed by atoms with Gasteiger partial charge in [0.1, 0.15) is 6.04 Å². The van der Waals surface area contributed by atoms with Gasteiger partial charge < -0.3 is 9.84 Å². The lowest BCUT2D eigenvalue weighted by Crippen LogP contribution is -2.32. The summed E-state index contributed by atoms with van der Waals surface area (Å²) < 4.78 is 5.38. The number of carbonyl (C=O) groups is 1. The molecule has 0 saturated heterocycles. The lowest BCUT2D eigenvalue weighted by molar-refractivity contribution is -0.123. The Kier molecular flexibility index (Phi) is 4.27. The van der Waals surface area contributed by atoms with Gasteiger partial charge in [-0.3, -0.25) is 4.79 Å². The quantitative estimate of drug-likeness (QED) is 0.872. The second-order valence-corrected chi connectivity index (χ2v) is 6.91. The van der Waals surface area contributed by atoms with Gasteiger partial charge in [-0.25, -0.2) is 0 Å². The number of hydrogen-bond donors (Lipinski definition) is 1. The maximum atomic E-state index is 12.2. The third kappa shape index (κ3) is 3.63. The van der Waals surface area contributed by atoms with Gasteiger partial charge in [0.25, 0.3) is 0 Å². The van der Waals surface area contributed by atoms with Crippen molar-refractivity contribution < 1.29 is 9.32 Å². The largest absolute Gasteiger partial charge is 0.344 e. The average Bonchev–Trinajstić information content (AvgIpc) is 2.97. The fourth-order valence-electron chi connectivity index (χ4n) is 3.10. The van der Waals surface area contributed by atoms with Crippen LogP contribution in [0.2, 0.25) is 0 Å². The molecule has 5 nitrogen and oxygen atoms in total. The van der Waals surface area contributed by atoms with E-state index >= 15 is 0 Å². The summed E-state index contributed by atoms with van der Waals surface area (Å²) in [4.78, 5) is 16.7. The minimum atomic E-state index is -0.168. The van der Waals surface area contributed by atoms with Crippen LogP contribution in [0.5, 0.6) is 0 Å². The molecule has 1 heterocycles. The van der Waals surface area contributed by atoms with Crippen molar-refractivity contribution in [2.45, 2.75) is 70.8 Å². The van der Waals surface area contributed by atoms with Crippen molar-refractivity contribution in [3.8, 4) is 0 Å². The van der Waals surface area contributed by atoms with Crippen LogP contribution in [-0.4, -0.2) is 16.0 Å². The number of nitrogens with zero attached hydrogens (tertiary/aromatic N) is 2. The molecule has 2 fully saturated rings. The van der Waals surface area contributed by atoms with Crippen molar-refractivity contribution in [2.24, 2.45) is 11.8 Å². The molecule has 116 valence electrons. The monoisotopic (exact) mass is 291 g/mol. The van der Waals surface area contributed by atoms with Crippen LogP contribution in [0, 0.1) is 11.8 Å². The summed E-state index contributed by atoms with van der Waals surface area (Å²) in [5.74, 6) is 2.76. The van der Waals surface area contributed by atoms with E-state index < -0.39 is 0 Å². The highest BCUT2D eigenvalue weighted by Gasteiger charge is 2.32. The van der Waals surface area contributed by atoms with E-state index in [-0.39, 0.29) is 17.9 Å². The molecule has 1 atom stereocenters. The van der Waals surface area contributed by atoms with Crippen LogP contribution in [0.4, 0.5) is 0 Å². The Morgan fingerprint density at radius 3 is 2.62 bits per heavy atom. The van der Waals surface area contributed by atoms with E-state index in [0.29, 0.717) is 24.1 Å². The molecule has 0 radical (unpaired) electrons. The van der Waals surface area contributed by atoms with Gasteiger partial charge in [-0.1, -0.05) is 31.8 Å². The Morgan fingerprint density at radius 1 is 1.29 bits per heavy atom. The van der Waals surface area contributed by atoms with Crippen molar-refractivity contribution in [1.29, 1.82) is 0 Å². The van der Waals surface area contributed by atoms with E-state index in [1.807, 2.05) is 0 Å². The Hall–Kier alpha value is -1.39. The van der Waals surface area contributed by atoms with Crippen molar-refractivity contribution in [3.05, 3.63) is 11.7 Å². The van der Waals surface area contributed by atoms with Gasteiger partial charge in [0, 0.05) is 12.3 Å². The first kappa shape index (κ1) is 14.5. The maximum absolute atomic E-state index is 12.2. The molecule has 0 aromatic carbocycles. The topological polar surface area (TPSA) is 68.0 Å². The van der Waals surface area contributed by atoms with E-state index in [9.17, 15) is 4.79 Å². The van der Waals surface area contributed by atoms with E-state index in [0.717, 1.165) is 18.7 Å². The van der Waals surface area contributed by atoms with E-state index in [4.69, 9.17) is 4.52 Å². The highest BCUT2D eigenvalue weighted by molar-refractivity contribution is 5.76. The molecule has 0 spiro atoms. The molecule has 1 aromatic heterocycles. The van der Waals surface area contributed by atoms with E-state index in [1.165, 1.54) is 25.7 Å². The van der Waals surface area contributed by atoms with Gasteiger partial charge in [0.2, 0.25) is 11.8 Å². The fraction of sp³-hybridized carbons (Fsp3) is 0.812. The van der Waals surface area contributed by atoms with Gasteiger partial charge in [-0.2, -0.15) is 4.98 Å². The van der Waals surface area contributed by atoms with Crippen LogP contribution in [0.1, 0.15) is 82.5 Å². The second kappa shape index (κ2) is 6.16. The number of rotatable bonds is 6. The smallest absolute Gasteiger partial charge is 0.249 e. The second-order valence-electron chi connectivity index (χ2n) is 6.91. The van der Waals surface area contributed by atoms with Gasteiger partial charge in [-0.15, -0.1) is 0 Å². The summed E-state index contributed by atoms with van der Waals surface area (Å²) in [5.41, 5.74) is 0. The molecule has 1 aromatic rings. The number of hydrogen-bond acceptors (Lipinski definition) is 4. The van der Waals surface area contributed by atoms with Crippen molar-refractivity contribution in [3.63, 3.8) is 0 Å². The molecule has 2 saturated carbocycles. The number of aromatic nitrogens is 2. The van der Waals surface area contributed by atoms with Crippen molar-refractivity contribution in [2.75, 3.05) is 0 Å². The minimum Gasteiger partial charge on any atom is -0.344 e. The summed E-state index contributed by atoms with van der Waals surface area (Å²) in [5, 5.41) is 7.15. The summed E-state index contributed by atoms with van der Waals surface area (Å²) in [6.07, 6.45) is 7.84. The maximum Gasteiger partial charge on any atom is 0.249 e. The van der Waals surface area contributed by atoms with Gasteiger partial charge in [-0.05, 0) is 37.5 Å². The molecule has 0 aliphatic heterocycles. The first-order chi connectivity index (χ1) is 10.1. The van der Waals surface area contributed by atoms with E-state index in [2.05, 4.69) is 29.3 Å². The highest BCUT2D eigenvalue weighted by atomic mass is 16.5. The van der Waals surface area contributed by atoms with Crippen molar-refractivity contribution in [1.82, 2.24) is 15.5 Å². The molecule has 0 bridgehead atoms. The van der Waals surface area contributed by atoms with Gasteiger partial charge in [0.15, 0.2) is 5.82 Å². The molecule has 2 aliphatic carbocycles. The third-order valence-corrected chi connectivity index (χ3v) is 4.60. The zero-order chi connectivity index (χ0) is 14.8. The summed E-state index contributed by atoms with van der Waals surface area (Å²) in [6, 6.07) is -0.168. The predicted octanol–water partition coefficient (Wildman–Crippen LogP) is 3.34.